The Kier molecular flexibility index (Phi) is 4.18. The molecule has 1 aromatic carbocycles. The number of ether oxygens (including phenoxy) is 1. The number of thioether (sulfide) groups is 1. The number of aromatic nitrogens is 5. The van der Waals surface area contributed by atoms with Crippen molar-refractivity contribution in [2.45, 2.75) is 24.3 Å². The molecule has 4 aromatic rings. The summed E-state index contributed by atoms with van der Waals surface area (Å²) < 4.78 is 6.59. The van der Waals surface area contributed by atoms with Crippen molar-refractivity contribution in [3.05, 3.63) is 45.3 Å². The Balaban J connectivity index is 1.58. The number of aryl methyl sites for hydroxylation is 1. The van der Waals surface area contributed by atoms with Crippen LogP contribution in [0, 0.1) is 0 Å². The fraction of sp³-hybridized carbons (Fsp3) is 0.250. The van der Waals surface area contributed by atoms with Crippen LogP contribution >= 0.6 is 23.1 Å². The fourth-order valence-corrected chi connectivity index (χ4v) is 4.05. The molecule has 0 bridgehead atoms. The Morgan fingerprint density at radius 1 is 1.32 bits per heavy atom. The quantitative estimate of drug-likeness (QED) is 0.542. The van der Waals surface area contributed by atoms with Crippen molar-refractivity contribution in [1.82, 2.24) is 24.6 Å². The highest BCUT2D eigenvalue weighted by Gasteiger charge is 2.10. The lowest BCUT2D eigenvalue weighted by atomic mass is 10.3. The van der Waals surface area contributed by atoms with Crippen LogP contribution in [0.5, 0.6) is 5.75 Å². The molecule has 9 heteroatoms. The molecule has 1 N–H and O–H groups in total. The van der Waals surface area contributed by atoms with Crippen molar-refractivity contribution in [2.75, 3.05) is 7.11 Å². The molecule has 0 saturated heterocycles. The second kappa shape index (κ2) is 6.49. The second-order valence-electron chi connectivity index (χ2n) is 5.34. The van der Waals surface area contributed by atoms with Crippen LogP contribution in [-0.2, 0) is 12.2 Å². The van der Waals surface area contributed by atoms with Crippen molar-refractivity contribution < 1.29 is 4.74 Å². The standard InChI is InChI=1S/C16H15N5O2S2/c1-3-13-20-21-14(22)6-9(17-16(21)25-13)8-24-15-18-11-5-4-10(23-2)7-12(11)19-15/h4-7H,3,8H2,1-2H3,(H,18,19). The fourth-order valence-electron chi connectivity index (χ4n) is 2.42. The molecule has 0 atom stereocenters. The maximum Gasteiger partial charge on any atom is 0.275 e. The van der Waals surface area contributed by atoms with Crippen LogP contribution in [0.15, 0.2) is 34.2 Å². The molecule has 0 saturated carbocycles. The van der Waals surface area contributed by atoms with Gasteiger partial charge in [-0.2, -0.15) is 9.61 Å². The average molecular weight is 373 g/mol. The van der Waals surface area contributed by atoms with Gasteiger partial charge in [0.2, 0.25) is 4.96 Å². The van der Waals surface area contributed by atoms with Gasteiger partial charge in [-0.15, -0.1) is 0 Å². The highest BCUT2D eigenvalue weighted by Crippen LogP contribution is 2.25. The molecule has 0 radical (unpaired) electrons. The summed E-state index contributed by atoms with van der Waals surface area (Å²) in [6.07, 6.45) is 0.792. The average Bonchev–Trinajstić information content (AvgIpc) is 3.22. The van der Waals surface area contributed by atoms with Gasteiger partial charge in [-0.25, -0.2) is 9.97 Å². The van der Waals surface area contributed by atoms with E-state index in [-0.39, 0.29) is 5.56 Å². The number of hydrogen-bond acceptors (Lipinski definition) is 7. The zero-order valence-corrected chi connectivity index (χ0v) is 15.3. The van der Waals surface area contributed by atoms with Gasteiger partial charge in [-0.1, -0.05) is 30.0 Å². The largest absolute Gasteiger partial charge is 0.497 e. The number of methoxy groups -OCH3 is 1. The Morgan fingerprint density at radius 2 is 2.20 bits per heavy atom. The molecule has 4 rings (SSSR count). The summed E-state index contributed by atoms with van der Waals surface area (Å²) in [5, 5.41) is 5.94. The number of nitrogens with zero attached hydrogens (tertiary/aromatic N) is 4. The van der Waals surface area contributed by atoms with Gasteiger partial charge in [-0.05, 0) is 18.6 Å². The molecule has 0 fully saturated rings. The van der Waals surface area contributed by atoms with Gasteiger partial charge in [0.15, 0.2) is 5.16 Å². The molecule has 25 heavy (non-hydrogen) atoms. The van der Waals surface area contributed by atoms with Crippen molar-refractivity contribution in [2.24, 2.45) is 0 Å². The number of hydrogen-bond donors (Lipinski definition) is 1. The van der Waals surface area contributed by atoms with Crippen LogP contribution < -0.4 is 10.3 Å². The van der Waals surface area contributed by atoms with Crippen molar-refractivity contribution in [3.8, 4) is 5.75 Å². The maximum absolute atomic E-state index is 12.2. The molecule has 0 spiro atoms. The number of benzene rings is 1. The number of aromatic amines is 1. The number of H-pyrrole nitrogens is 1. The van der Waals surface area contributed by atoms with Crippen molar-refractivity contribution >= 4 is 39.1 Å². The molecule has 0 unspecified atom stereocenters. The first kappa shape index (κ1) is 16.1. The summed E-state index contributed by atoms with van der Waals surface area (Å²) in [5.74, 6) is 1.34. The lowest BCUT2D eigenvalue weighted by molar-refractivity contribution is 0.415. The lowest BCUT2D eigenvalue weighted by Crippen LogP contribution is -2.15. The third-order valence-corrected chi connectivity index (χ3v) is 5.63. The van der Waals surface area contributed by atoms with Crippen LogP contribution in [0.3, 0.4) is 0 Å². The third kappa shape index (κ3) is 3.12. The van der Waals surface area contributed by atoms with Gasteiger partial charge in [0.05, 0.1) is 23.8 Å². The molecule has 128 valence electrons. The molecule has 7 nitrogen and oxygen atoms in total. The molecular weight excluding hydrogens is 358 g/mol. The lowest BCUT2D eigenvalue weighted by Gasteiger charge is -1.98. The topological polar surface area (TPSA) is 85.2 Å². The van der Waals surface area contributed by atoms with Crippen LogP contribution in [0.25, 0.3) is 16.0 Å². The van der Waals surface area contributed by atoms with Gasteiger partial charge in [-0.3, -0.25) is 4.79 Å². The van der Waals surface area contributed by atoms with Crippen molar-refractivity contribution in [1.29, 1.82) is 0 Å². The van der Waals surface area contributed by atoms with Gasteiger partial charge >= 0.3 is 0 Å². The van der Waals surface area contributed by atoms with Gasteiger partial charge in [0.25, 0.3) is 5.56 Å². The Hall–Kier alpha value is -2.39. The first-order valence-corrected chi connectivity index (χ1v) is 9.51. The molecule has 0 aliphatic carbocycles. The highest BCUT2D eigenvalue weighted by atomic mass is 32.2. The zero-order chi connectivity index (χ0) is 17.4. The predicted molar refractivity (Wildman–Crippen MR) is 98.7 cm³/mol. The number of nitrogens with one attached hydrogen (secondary N) is 1. The van der Waals surface area contributed by atoms with Gasteiger partial charge in [0, 0.05) is 17.9 Å². The zero-order valence-electron chi connectivity index (χ0n) is 13.6. The van der Waals surface area contributed by atoms with Crippen LogP contribution in [0.1, 0.15) is 17.6 Å². The van der Waals surface area contributed by atoms with E-state index in [1.807, 2.05) is 25.1 Å². The van der Waals surface area contributed by atoms with Crippen LogP contribution in [0.2, 0.25) is 0 Å². The molecule has 3 aromatic heterocycles. The first-order valence-electron chi connectivity index (χ1n) is 7.71. The second-order valence-corrected chi connectivity index (χ2v) is 7.35. The molecule has 0 aliphatic heterocycles. The van der Waals surface area contributed by atoms with Gasteiger partial charge < -0.3 is 9.72 Å². The number of imidazole rings is 1. The monoisotopic (exact) mass is 373 g/mol. The van der Waals surface area contributed by atoms with Crippen LogP contribution in [0.4, 0.5) is 0 Å². The molecule has 3 heterocycles. The smallest absolute Gasteiger partial charge is 0.275 e. The third-order valence-electron chi connectivity index (χ3n) is 3.67. The van der Waals surface area contributed by atoms with E-state index in [2.05, 4.69) is 20.1 Å². The summed E-state index contributed by atoms with van der Waals surface area (Å²) in [4.78, 5) is 25.1. The van der Waals surface area contributed by atoms with E-state index in [0.29, 0.717) is 10.7 Å². The van der Waals surface area contributed by atoms with Crippen molar-refractivity contribution in [3.63, 3.8) is 0 Å². The van der Waals surface area contributed by atoms with E-state index in [4.69, 9.17) is 4.74 Å². The minimum absolute atomic E-state index is 0.147. The Bertz CT molecular complexity index is 1110. The Morgan fingerprint density at radius 3 is 3.00 bits per heavy atom. The highest BCUT2D eigenvalue weighted by molar-refractivity contribution is 7.98. The van der Waals surface area contributed by atoms with Crippen LogP contribution in [-0.4, -0.2) is 31.7 Å². The van der Waals surface area contributed by atoms with E-state index >= 15 is 0 Å². The van der Waals surface area contributed by atoms with E-state index < -0.39 is 0 Å². The van der Waals surface area contributed by atoms with E-state index in [1.165, 1.54) is 33.7 Å². The van der Waals surface area contributed by atoms with Gasteiger partial charge in [0.1, 0.15) is 10.8 Å². The summed E-state index contributed by atoms with van der Waals surface area (Å²) in [7, 11) is 1.64. The van der Waals surface area contributed by atoms with E-state index in [0.717, 1.165) is 39.1 Å². The summed E-state index contributed by atoms with van der Waals surface area (Å²) >= 11 is 2.96. The minimum Gasteiger partial charge on any atom is -0.497 e. The predicted octanol–water partition coefficient (Wildman–Crippen LogP) is 2.89. The maximum atomic E-state index is 12.2. The normalized spacial score (nSPS) is 11.4. The Labute approximate surface area is 151 Å². The first-order chi connectivity index (χ1) is 12.2. The van der Waals surface area contributed by atoms with E-state index in [9.17, 15) is 4.79 Å². The molecule has 0 amide bonds. The summed E-state index contributed by atoms with van der Waals surface area (Å²) in [5.41, 5.74) is 2.37. The minimum atomic E-state index is -0.147. The molecule has 0 aliphatic rings. The number of rotatable bonds is 5. The number of fused-ring (bicyclic) bond motifs is 2. The summed E-state index contributed by atoms with van der Waals surface area (Å²) in [6, 6.07) is 7.23. The van der Waals surface area contributed by atoms with E-state index in [1.54, 1.807) is 7.11 Å². The molecular formula is C16H15N5O2S2. The summed E-state index contributed by atoms with van der Waals surface area (Å²) in [6.45, 7) is 2.01. The SMILES string of the molecule is CCc1nn2c(=O)cc(CSc3nc4ccc(OC)cc4[nH]3)nc2s1.